The molecule has 3 aromatic rings. The highest BCUT2D eigenvalue weighted by Gasteiger charge is 2.11. The fraction of sp³-hybridized carbons (Fsp3) is 0. The lowest BCUT2D eigenvalue weighted by molar-refractivity contribution is 0.112. The van der Waals surface area contributed by atoms with Crippen LogP contribution in [0.1, 0.15) is 10.4 Å². The Bertz CT molecular complexity index is 777. The zero-order chi connectivity index (χ0) is 13.4. The van der Waals surface area contributed by atoms with Gasteiger partial charge in [-0.3, -0.25) is 4.79 Å². The molecule has 2 aromatic carbocycles. The summed E-state index contributed by atoms with van der Waals surface area (Å²) in [5, 5.41) is 1.08. The summed E-state index contributed by atoms with van der Waals surface area (Å²) in [6.07, 6.45) is 0.722. The molecule has 0 atom stereocenters. The molecule has 0 saturated carbocycles. The third-order valence-corrected chi connectivity index (χ3v) is 3.12. The van der Waals surface area contributed by atoms with Crippen molar-refractivity contribution in [2.75, 3.05) is 0 Å². The minimum absolute atomic E-state index is 0.336. The SMILES string of the molecule is O=Cc1cc(Cl)c2oc(-c3cccc(F)c3)cc2c1. The van der Waals surface area contributed by atoms with E-state index in [1.807, 2.05) is 0 Å². The molecule has 0 aliphatic heterocycles. The average molecular weight is 275 g/mol. The maximum atomic E-state index is 13.2. The van der Waals surface area contributed by atoms with Crippen LogP contribution in [0, 0.1) is 5.82 Å². The Balaban J connectivity index is 2.21. The van der Waals surface area contributed by atoms with Crippen LogP contribution in [0.15, 0.2) is 46.9 Å². The van der Waals surface area contributed by atoms with E-state index in [1.165, 1.54) is 18.2 Å². The van der Waals surface area contributed by atoms with E-state index in [1.54, 1.807) is 24.3 Å². The molecular formula is C15H8ClFO2. The molecule has 0 bridgehead atoms. The van der Waals surface area contributed by atoms with Crippen molar-refractivity contribution in [3.8, 4) is 11.3 Å². The minimum atomic E-state index is -0.336. The van der Waals surface area contributed by atoms with Crippen molar-refractivity contribution in [1.29, 1.82) is 0 Å². The summed E-state index contributed by atoms with van der Waals surface area (Å²) in [4.78, 5) is 10.8. The quantitative estimate of drug-likeness (QED) is 0.634. The zero-order valence-electron chi connectivity index (χ0n) is 9.69. The highest BCUT2D eigenvalue weighted by Crippen LogP contribution is 2.33. The number of furan rings is 1. The van der Waals surface area contributed by atoms with Crippen LogP contribution in [0.3, 0.4) is 0 Å². The number of carbonyl (C=O) groups is 1. The molecule has 3 rings (SSSR count). The van der Waals surface area contributed by atoms with Gasteiger partial charge < -0.3 is 4.42 Å². The summed E-state index contributed by atoms with van der Waals surface area (Å²) < 4.78 is 18.8. The standard InChI is InChI=1S/C15H8ClFO2/c16-13-5-9(8-18)4-11-7-14(19-15(11)13)10-2-1-3-12(17)6-10/h1-8H. The van der Waals surface area contributed by atoms with Gasteiger partial charge in [0.15, 0.2) is 5.58 Å². The van der Waals surface area contributed by atoms with Gasteiger partial charge in [0.2, 0.25) is 0 Å². The van der Waals surface area contributed by atoms with Gasteiger partial charge in [0.05, 0.1) is 5.02 Å². The summed E-state index contributed by atoms with van der Waals surface area (Å²) in [5.74, 6) is 0.178. The zero-order valence-corrected chi connectivity index (χ0v) is 10.4. The second kappa shape index (κ2) is 4.52. The Morgan fingerprint density at radius 3 is 2.74 bits per heavy atom. The Morgan fingerprint density at radius 1 is 1.16 bits per heavy atom. The van der Waals surface area contributed by atoms with Crippen molar-refractivity contribution < 1.29 is 13.6 Å². The lowest BCUT2D eigenvalue weighted by atomic mass is 10.1. The van der Waals surface area contributed by atoms with Gasteiger partial charge >= 0.3 is 0 Å². The van der Waals surface area contributed by atoms with Gasteiger partial charge in [-0.1, -0.05) is 23.7 Å². The fourth-order valence-electron chi connectivity index (χ4n) is 1.98. The van der Waals surface area contributed by atoms with E-state index >= 15 is 0 Å². The van der Waals surface area contributed by atoms with Gasteiger partial charge in [0.1, 0.15) is 17.9 Å². The van der Waals surface area contributed by atoms with Crippen molar-refractivity contribution in [1.82, 2.24) is 0 Å². The average Bonchev–Trinajstić information content (AvgIpc) is 2.83. The molecule has 0 N–H and O–H groups in total. The minimum Gasteiger partial charge on any atom is -0.455 e. The van der Waals surface area contributed by atoms with Crippen LogP contribution in [-0.2, 0) is 0 Å². The van der Waals surface area contributed by atoms with Gasteiger partial charge in [-0.05, 0) is 30.3 Å². The first-order valence-electron chi connectivity index (χ1n) is 5.61. The van der Waals surface area contributed by atoms with Crippen LogP contribution in [0.2, 0.25) is 5.02 Å². The molecule has 0 aliphatic rings. The molecule has 1 heterocycles. The van der Waals surface area contributed by atoms with Gasteiger partial charge in [-0.15, -0.1) is 0 Å². The molecule has 0 fully saturated rings. The summed E-state index contributed by atoms with van der Waals surface area (Å²) in [6.45, 7) is 0. The van der Waals surface area contributed by atoms with Crippen LogP contribution in [0.4, 0.5) is 4.39 Å². The van der Waals surface area contributed by atoms with E-state index in [9.17, 15) is 9.18 Å². The van der Waals surface area contributed by atoms with E-state index in [2.05, 4.69) is 0 Å². The molecule has 19 heavy (non-hydrogen) atoms. The predicted molar refractivity (Wildman–Crippen MR) is 72.0 cm³/mol. The normalized spacial score (nSPS) is 10.8. The van der Waals surface area contributed by atoms with Gasteiger partial charge in [0, 0.05) is 16.5 Å². The molecule has 0 spiro atoms. The first-order chi connectivity index (χ1) is 9.17. The maximum Gasteiger partial charge on any atom is 0.153 e. The van der Waals surface area contributed by atoms with E-state index in [4.69, 9.17) is 16.0 Å². The van der Waals surface area contributed by atoms with E-state index < -0.39 is 0 Å². The third-order valence-electron chi connectivity index (χ3n) is 2.84. The fourth-order valence-corrected chi connectivity index (χ4v) is 2.26. The second-order valence-corrected chi connectivity index (χ2v) is 4.57. The van der Waals surface area contributed by atoms with Crippen LogP contribution in [0.5, 0.6) is 0 Å². The number of fused-ring (bicyclic) bond motifs is 1. The van der Waals surface area contributed by atoms with Crippen LogP contribution >= 0.6 is 11.6 Å². The molecule has 0 aliphatic carbocycles. The molecule has 4 heteroatoms. The van der Waals surface area contributed by atoms with Crippen LogP contribution < -0.4 is 0 Å². The van der Waals surface area contributed by atoms with E-state index in [0.717, 1.165) is 6.29 Å². The monoisotopic (exact) mass is 274 g/mol. The summed E-state index contributed by atoms with van der Waals surface area (Å²) in [7, 11) is 0. The Labute approximate surface area is 113 Å². The summed E-state index contributed by atoms with van der Waals surface area (Å²) in [6, 6.07) is 11.1. The number of carbonyl (C=O) groups excluding carboxylic acids is 1. The first-order valence-corrected chi connectivity index (χ1v) is 5.99. The van der Waals surface area contributed by atoms with Crippen molar-refractivity contribution in [3.05, 3.63) is 58.9 Å². The van der Waals surface area contributed by atoms with Crippen molar-refractivity contribution in [2.24, 2.45) is 0 Å². The van der Waals surface area contributed by atoms with Gasteiger partial charge in [0.25, 0.3) is 0 Å². The lowest BCUT2D eigenvalue weighted by Gasteiger charge is -1.96. The number of aldehydes is 1. The Hall–Kier alpha value is -2.13. The largest absolute Gasteiger partial charge is 0.455 e. The second-order valence-electron chi connectivity index (χ2n) is 4.16. The number of hydrogen-bond acceptors (Lipinski definition) is 2. The van der Waals surface area contributed by atoms with Gasteiger partial charge in [-0.2, -0.15) is 0 Å². The third kappa shape index (κ3) is 2.13. The Morgan fingerprint density at radius 2 is 2.00 bits per heavy atom. The van der Waals surface area contributed by atoms with Crippen molar-refractivity contribution >= 4 is 28.9 Å². The van der Waals surface area contributed by atoms with Crippen molar-refractivity contribution in [2.45, 2.75) is 0 Å². The Kier molecular flexibility index (Phi) is 2.84. The molecule has 0 saturated heterocycles. The first kappa shape index (κ1) is 11.9. The number of benzene rings is 2. The van der Waals surface area contributed by atoms with E-state index in [-0.39, 0.29) is 5.82 Å². The van der Waals surface area contributed by atoms with E-state index in [0.29, 0.717) is 32.9 Å². The number of hydrogen-bond donors (Lipinski definition) is 0. The smallest absolute Gasteiger partial charge is 0.153 e. The molecule has 94 valence electrons. The lowest BCUT2D eigenvalue weighted by Crippen LogP contribution is -1.78. The molecular weight excluding hydrogens is 267 g/mol. The summed E-state index contributed by atoms with van der Waals surface area (Å²) in [5.41, 5.74) is 1.59. The molecule has 0 amide bonds. The molecule has 0 unspecified atom stereocenters. The number of halogens is 2. The maximum absolute atomic E-state index is 13.2. The van der Waals surface area contributed by atoms with Gasteiger partial charge in [-0.25, -0.2) is 4.39 Å². The molecule has 0 radical (unpaired) electrons. The number of rotatable bonds is 2. The van der Waals surface area contributed by atoms with Crippen molar-refractivity contribution in [3.63, 3.8) is 0 Å². The predicted octanol–water partition coefficient (Wildman–Crippen LogP) is 4.70. The molecule has 1 aromatic heterocycles. The topological polar surface area (TPSA) is 30.2 Å². The van der Waals surface area contributed by atoms with Crippen LogP contribution in [0.25, 0.3) is 22.3 Å². The highest BCUT2D eigenvalue weighted by atomic mass is 35.5. The highest BCUT2D eigenvalue weighted by molar-refractivity contribution is 6.35. The summed E-state index contributed by atoms with van der Waals surface area (Å²) >= 11 is 6.05. The van der Waals surface area contributed by atoms with Crippen LogP contribution in [-0.4, -0.2) is 6.29 Å². The molecule has 2 nitrogen and oxygen atoms in total.